The van der Waals surface area contributed by atoms with Crippen molar-refractivity contribution in [3.63, 3.8) is 0 Å². The monoisotopic (exact) mass is 529 g/mol. The molecule has 2 aliphatic carbocycles. The Kier molecular flexibility index (Phi) is 6.87. The van der Waals surface area contributed by atoms with Crippen molar-refractivity contribution in [2.24, 2.45) is 10.8 Å². The first-order chi connectivity index (χ1) is 16.0. The van der Waals surface area contributed by atoms with Crippen LogP contribution in [0.25, 0.3) is 0 Å². The molecule has 0 bridgehead atoms. The minimum Gasteiger partial charge on any atom is -0.494 e. The molecule has 1 aromatic rings. The maximum atomic E-state index is 13.8. The average molecular weight is 531 g/mol. The van der Waals surface area contributed by atoms with Crippen LogP contribution in [0.4, 0.5) is 0 Å². The molecule has 0 saturated heterocycles. The second kappa shape index (κ2) is 9.27. The number of rotatable bonds is 6. The Labute approximate surface area is 211 Å². The third kappa shape index (κ3) is 4.64. The van der Waals surface area contributed by atoms with E-state index in [1.165, 1.54) is 0 Å². The van der Waals surface area contributed by atoms with Crippen LogP contribution in [0.1, 0.15) is 71.8 Å². The van der Waals surface area contributed by atoms with Crippen LogP contribution in [0.5, 0.6) is 5.75 Å². The van der Waals surface area contributed by atoms with Crippen molar-refractivity contribution in [3.05, 3.63) is 50.8 Å². The average Bonchev–Trinajstić information content (AvgIpc) is 2.71. The zero-order chi connectivity index (χ0) is 24.8. The molecular formula is C28H36BrNO4. The normalized spacial score (nSPS) is 22.1. The maximum Gasteiger partial charge on any atom is 0.162 e. The van der Waals surface area contributed by atoms with Gasteiger partial charge in [-0.3, -0.25) is 9.59 Å². The zero-order valence-corrected chi connectivity index (χ0v) is 22.8. The molecule has 0 aromatic heterocycles. The summed E-state index contributed by atoms with van der Waals surface area (Å²) in [7, 11) is 1.69. The van der Waals surface area contributed by atoms with Crippen molar-refractivity contribution in [1.82, 2.24) is 4.90 Å². The van der Waals surface area contributed by atoms with Crippen molar-refractivity contribution < 1.29 is 19.1 Å². The number of hydrogen-bond acceptors (Lipinski definition) is 5. The van der Waals surface area contributed by atoms with Crippen molar-refractivity contribution in [2.75, 3.05) is 26.9 Å². The fraction of sp³-hybridized carbons (Fsp3) is 0.571. The summed E-state index contributed by atoms with van der Waals surface area (Å²) >= 11 is 3.62. The molecule has 0 radical (unpaired) electrons. The van der Waals surface area contributed by atoms with Crippen molar-refractivity contribution in [2.45, 2.75) is 66.2 Å². The van der Waals surface area contributed by atoms with E-state index in [4.69, 9.17) is 9.47 Å². The quantitative estimate of drug-likeness (QED) is 0.440. The number of allylic oxidation sites excluding steroid dienone is 4. The number of nitrogens with zero attached hydrogens (tertiary/aromatic N) is 1. The topological polar surface area (TPSA) is 55.8 Å². The largest absolute Gasteiger partial charge is 0.494 e. The first-order valence-electron chi connectivity index (χ1n) is 12.2. The van der Waals surface area contributed by atoms with Crippen molar-refractivity contribution in [1.29, 1.82) is 0 Å². The molecule has 0 unspecified atom stereocenters. The van der Waals surface area contributed by atoms with Gasteiger partial charge in [-0.15, -0.1) is 0 Å². The fourth-order valence-electron chi connectivity index (χ4n) is 5.84. The van der Waals surface area contributed by atoms with Crippen molar-refractivity contribution >= 4 is 27.5 Å². The third-order valence-electron chi connectivity index (χ3n) is 7.12. The van der Waals surface area contributed by atoms with Gasteiger partial charge in [0.1, 0.15) is 5.75 Å². The van der Waals surface area contributed by atoms with Crippen LogP contribution in [0, 0.1) is 10.8 Å². The number of ether oxygens (including phenoxy) is 2. The molecule has 3 aliphatic rings. The highest BCUT2D eigenvalue weighted by molar-refractivity contribution is 9.10. The highest BCUT2D eigenvalue weighted by atomic mass is 79.9. The summed E-state index contributed by atoms with van der Waals surface area (Å²) in [6.45, 7) is 12.3. The minimum absolute atomic E-state index is 0.130. The molecule has 5 nitrogen and oxygen atoms in total. The number of carbonyl (C=O) groups excluding carboxylic acids is 2. The summed E-state index contributed by atoms with van der Waals surface area (Å²) < 4.78 is 12.4. The molecular weight excluding hydrogens is 494 g/mol. The van der Waals surface area contributed by atoms with Crippen LogP contribution in [-0.4, -0.2) is 43.3 Å². The highest BCUT2D eigenvalue weighted by Gasteiger charge is 2.49. The van der Waals surface area contributed by atoms with Gasteiger partial charge in [0.25, 0.3) is 0 Å². The van der Waals surface area contributed by atoms with Gasteiger partial charge in [0.2, 0.25) is 0 Å². The Hall–Kier alpha value is -1.92. The van der Waals surface area contributed by atoms with E-state index in [2.05, 4.69) is 48.5 Å². The molecule has 1 aromatic carbocycles. The summed E-state index contributed by atoms with van der Waals surface area (Å²) in [5, 5.41) is 0. The van der Waals surface area contributed by atoms with Gasteiger partial charge in [0, 0.05) is 65.0 Å². The Balaban J connectivity index is 2.02. The molecule has 1 heterocycles. The van der Waals surface area contributed by atoms with Crippen LogP contribution in [-0.2, 0) is 14.3 Å². The number of ketones is 2. The molecule has 184 valence electrons. The zero-order valence-electron chi connectivity index (χ0n) is 21.2. The molecule has 1 aliphatic heterocycles. The number of benzene rings is 1. The molecule has 0 fully saturated rings. The molecule has 0 atom stereocenters. The first-order valence-corrected chi connectivity index (χ1v) is 13.0. The molecule has 0 saturated carbocycles. The van der Waals surface area contributed by atoms with Crippen LogP contribution < -0.4 is 4.74 Å². The number of halogens is 1. The van der Waals surface area contributed by atoms with E-state index in [0.717, 1.165) is 51.2 Å². The Morgan fingerprint density at radius 2 is 1.53 bits per heavy atom. The van der Waals surface area contributed by atoms with Gasteiger partial charge in [-0.05, 0) is 48.8 Å². The summed E-state index contributed by atoms with van der Waals surface area (Å²) in [5.74, 6) is 0.584. The summed E-state index contributed by atoms with van der Waals surface area (Å²) in [6, 6.07) is 5.91. The standard InChI is InChI=1S/C28H36BrNO4/c1-7-34-23-9-8-17(29)12-18(23)24-25-19(13-27(2,3)15-21(25)31)30(10-11-33-6)20-14-28(4,5)16-22(32)26(20)24/h8-9,12,24H,7,10-11,13-16H2,1-6H3. The molecule has 0 spiro atoms. The lowest BCUT2D eigenvalue weighted by Gasteiger charge is -2.49. The summed E-state index contributed by atoms with van der Waals surface area (Å²) in [6.07, 6.45) is 2.52. The van der Waals surface area contributed by atoms with Gasteiger partial charge in [0.15, 0.2) is 11.6 Å². The second-order valence-corrected chi connectivity index (χ2v) is 12.2. The lowest BCUT2D eigenvalue weighted by atomic mass is 9.63. The number of hydrogen-bond donors (Lipinski definition) is 0. The van der Waals surface area contributed by atoms with E-state index < -0.39 is 5.92 Å². The van der Waals surface area contributed by atoms with E-state index >= 15 is 0 Å². The van der Waals surface area contributed by atoms with Gasteiger partial charge in [-0.2, -0.15) is 0 Å². The van der Waals surface area contributed by atoms with E-state index in [1.807, 2.05) is 25.1 Å². The predicted octanol–water partition coefficient (Wildman–Crippen LogP) is 6.18. The van der Waals surface area contributed by atoms with Gasteiger partial charge in [-0.1, -0.05) is 43.6 Å². The van der Waals surface area contributed by atoms with Crippen LogP contribution in [0.15, 0.2) is 45.2 Å². The van der Waals surface area contributed by atoms with E-state index in [0.29, 0.717) is 32.6 Å². The van der Waals surface area contributed by atoms with Gasteiger partial charge in [-0.25, -0.2) is 0 Å². The van der Waals surface area contributed by atoms with Crippen LogP contribution in [0.3, 0.4) is 0 Å². The minimum atomic E-state index is -0.407. The van der Waals surface area contributed by atoms with Crippen LogP contribution in [0.2, 0.25) is 0 Å². The Morgan fingerprint density at radius 1 is 0.971 bits per heavy atom. The molecule has 4 rings (SSSR count). The second-order valence-electron chi connectivity index (χ2n) is 11.3. The SMILES string of the molecule is CCOc1ccc(Br)cc1C1C2=C(CC(C)(C)CC2=O)N(CCOC)C2=C1C(=O)CC(C)(C)C2. The fourth-order valence-corrected chi connectivity index (χ4v) is 6.22. The van der Waals surface area contributed by atoms with E-state index in [9.17, 15) is 9.59 Å². The molecule has 0 N–H and O–H groups in total. The number of carbonyl (C=O) groups is 2. The summed E-state index contributed by atoms with van der Waals surface area (Å²) in [4.78, 5) is 29.9. The predicted molar refractivity (Wildman–Crippen MR) is 137 cm³/mol. The number of methoxy groups -OCH3 is 1. The Bertz CT molecular complexity index is 1030. The smallest absolute Gasteiger partial charge is 0.162 e. The van der Waals surface area contributed by atoms with E-state index in [1.54, 1.807) is 7.11 Å². The third-order valence-corrected chi connectivity index (χ3v) is 7.62. The number of Topliss-reactive ketones (excluding diaryl/α,β-unsaturated/α-hetero) is 2. The molecule has 6 heteroatoms. The lowest BCUT2D eigenvalue weighted by molar-refractivity contribution is -0.119. The summed E-state index contributed by atoms with van der Waals surface area (Å²) in [5.41, 5.74) is 4.24. The molecule has 0 amide bonds. The lowest BCUT2D eigenvalue weighted by Crippen LogP contribution is -2.45. The molecule has 34 heavy (non-hydrogen) atoms. The van der Waals surface area contributed by atoms with Crippen molar-refractivity contribution in [3.8, 4) is 5.75 Å². The van der Waals surface area contributed by atoms with Gasteiger partial charge < -0.3 is 14.4 Å². The van der Waals surface area contributed by atoms with Gasteiger partial charge in [0.05, 0.1) is 13.2 Å². The first kappa shape index (κ1) is 25.2. The Morgan fingerprint density at radius 3 is 2.03 bits per heavy atom. The highest BCUT2D eigenvalue weighted by Crippen LogP contribution is 2.55. The van der Waals surface area contributed by atoms with E-state index in [-0.39, 0.29) is 22.4 Å². The maximum absolute atomic E-state index is 13.8. The van der Waals surface area contributed by atoms with Gasteiger partial charge >= 0.3 is 0 Å². The van der Waals surface area contributed by atoms with Crippen LogP contribution >= 0.6 is 15.9 Å².